The second kappa shape index (κ2) is 2.46. The molecule has 1 heterocycles. The molecule has 0 aromatic heterocycles. The van der Waals surface area contributed by atoms with Crippen molar-refractivity contribution in [2.24, 2.45) is 0 Å². The summed E-state index contributed by atoms with van der Waals surface area (Å²) < 4.78 is 10.4. The van der Waals surface area contributed by atoms with Crippen molar-refractivity contribution in [3.05, 3.63) is 0 Å². The van der Waals surface area contributed by atoms with Gasteiger partial charge in [-0.2, -0.15) is 0 Å². The van der Waals surface area contributed by atoms with E-state index in [2.05, 4.69) is 0 Å². The second-order valence-electron chi connectivity index (χ2n) is 3.73. The van der Waals surface area contributed by atoms with Crippen LogP contribution >= 0.6 is 0 Å². The Hall–Kier alpha value is -0.570. The Morgan fingerprint density at radius 2 is 2.33 bits per heavy atom. The summed E-state index contributed by atoms with van der Waals surface area (Å²) in [5.41, 5.74) is -0.614. The summed E-state index contributed by atoms with van der Waals surface area (Å²) in [6.07, 6.45) is 3.22. The molecular formula is C9H14O3. The Bertz CT molecular complexity index is 210. The molecule has 0 amide bonds. The molecule has 3 heteroatoms. The minimum absolute atomic E-state index is 0.0868. The Morgan fingerprint density at radius 1 is 1.67 bits per heavy atom. The molecule has 2 fully saturated rings. The van der Waals surface area contributed by atoms with Crippen LogP contribution in [0.15, 0.2) is 0 Å². The highest BCUT2D eigenvalue weighted by Crippen LogP contribution is 2.40. The SMILES string of the molecule is CCC1OC1(C)C(=O)OC1CC1. The lowest BCUT2D eigenvalue weighted by atomic mass is 10.1. The molecule has 2 unspecified atom stereocenters. The number of carbonyl (C=O) groups excluding carboxylic acids is 1. The molecule has 0 aromatic carbocycles. The molecule has 1 saturated heterocycles. The van der Waals surface area contributed by atoms with Crippen LogP contribution in [-0.4, -0.2) is 23.8 Å². The zero-order valence-electron chi connectivity index (χ0n) is 7.50. The van der Waals surface area contributed by atoms with Crippen molar-refractivity contribution in [2.75, 3.05) is 0 Å². The summed E-state index contributed by atoms with van der Waals surface area (Å²) >= 11 is 0. The molecule has 2 aliphatic rings. The first-order chi connectivity index (χ1) is 5.66. The van der Waals surface area contributed by atoms with Crippen molar-refractivity contribution >= 4 is 5.97 Å². The summed E-state index contributed by atoms with van der Waals surface area (Å²) in [5.74, 6) is -0.170. The summed E-state index contributed by atoms with van der Waals surface area (Å²) in [7, 11) is 0. The highest BCUT2D eigenvalue weighted by atomic mass is 16.7. The van der Waals surface area contributed by atoms with E-state index in [4.69, 9.17) is 9.47 Å². The molecule has 0 bridgehead atoms. The molecule has 12 heavy (non-hydrogen) atoms. The maximum atomic E-state index is 11.4. The molecule has 2 rings (SSSR count). The lowest BCUT2D eigenvalue weighted by Crippen LogP contribution is -2.26. The van der Waals surface area contributed by atoms with Gasteiger partial charge in [0.15, 0.2) is 5.60 Å². The van der Waals surface area contributed by atoms with Crippen molar-refractivity contribution in [1.82, 2.24) is 0 Å². The molecular weight excluding hydrogens is 156 g/mol. The Balaban J connectivity index is 1.87. The van der Waals surface area contributed by atoms with Crippen LogP contribution in [-0.2, 0) is 14.3 Å². The highest BCUT2D eigenvalue weighted by Gasteiger charge is 2.59. The smallest absolute Gasteiger partial charge is 0.341 e. The van der Waals surface area contributed by atoms with Crippen LogP contribution in [0.1, 0.15) is 33.1 Å². The number of epoxide rings is 1. The number of carbonyl (C=O) groups is 1. The Labute approximate surface area is 72.0 Å². The van der Waals surface area contributed by atoms with Crippen LogP contribution in [0.3, 0.4) is 0 Å². The molecule has 3 nitrogen and oxygen atoms in total. The fraction of sp³-hybridized carbons (Fsp3) is 0.889. The van der Waals surface area contributed by atoms with E-state index in [1.165, 1.54) is 0 Å². The minimum atomic E-state index is -0.614. The monoisotopic (exact) mass is 170 g/mol. The van der Waals surface area contributed by atoms with Gasteiger partial charge in [0.1, 0.15) is 6.10 Å². The van der Waals surface area contributed by atoms with Crippen molar-refractivity contribution in [3.63, 3.8) is 0 Å². The van der Waals surface area contributed by atoms with Gasteiger partial charge in [0.25, 0.3) is 0 Å². The number of esters is 1. The van der Waals surface area contributed by atoms with Gasteiger partial charge in [0, 0.05) is 0 Å². The minimum Gasteiger partial charge on any atom is -0.460 e. The molecule has 0 spiro atoms. The van der Waals surface area contributed by atoms with Gasteiger partial charge in [0.2, 0.25) is 0 Å². The van der Waals surface area contributed by atoms with Gasteiger partial charge in [-0.15, -0.1) is 0 Å². The largest absolute Gasteiger partial charge is 0.460 e. The zero-order chi connectivity index (χ0) is 8.77. The molecule has 1 aliphatic heterocycles. The van der Waals surface area contributed by atoms with Crippen LogP contribution in [0.25, 0.3) is 0 Å². The van der Waals surface area contributed by atoms with Crippen molar-refractivity contribution in [1.29, 1.82) is 0 Å². The maximum Gasteiger partial charge on any atom is 0.341 e. The van der Waals surface area contributed by atoms with Gasteiger partial charge in [-0.05, 0) is 26.2 Å². The van der Waals surface area contributed by atoms with Gasteiger partial charge in [0.05, 0.1) is 6.10 Å². The zero-order valence-corrected chi connectivity index (χ0v) is 7.50. The van der Waals surface area contributed by atoms with Gasteiger partial charge in [-0.25, -0.2) is 4.79 Å². The summed E-state index contributed by atoms with van der Waals surface area (Å²) in [5, 5.41) is 0. The van der Waals surface area contributed by atoms with E-state index in [9.17, 15) is 4.79 Å². The van der Waals surface area contributed by atoms with E-state index < -0.39 is 5.60 Å². The van der Waals surface area contributed by atoms with Gasteiger partial charge < -0.3 is 9.47 Å². The lowest BCUT2D eigenvalue weighted by Gasteiger charge is -2.05. The molecule has 0 aromatic rings. The highest BCUT2D eigenvalue weighted by molar-refractivity contribution is 5.83. The molecule has 1 aliphatic carbocycles. The maximum absolute atomic E-state index is 11.4. The second-order valence-corrected chi connectivity index (χ2v) is 3.73. The third-order valence-corrected chi connectivity index (χ3v) is 2.52. The van der Waals surface area contributed by atoms with E-state index in [0.29, 0.717) is 0 Å². The fourth-order valence-corrected chi connectivity index (χ4v) is 1.37. The number of ether oxygens (including phenoxy) is 2. The van der Waals surface area contributed by atoms with E-state index in [1.54, 1.807) is 0 Å². The molecule has 0 N–H and O–H groups in total. The van der Waals surface area contributed by atoms with E-state index in [0.717, 1.165) is 19.3 Å². The normalized spacial score (nSPS) is 39.3. The third-order valence-electron chi connectivity index (χ3n) is 2.52. The predicted octanol–water partition coefficient (Wildman–Crippen LogP) is 1.26. The Morgan fingerprint density at radius 3 is 2.75 bits per heavy atom. The topological polar surface area (TPSA) is 38.8 Å². The van der Waals surface area contributed by atoms with Gasteiger partial charge in [-0.1, -0.05) is 6.92 Å². The Kier molecular flexibility index (Phi) is 1.65. The standard InChI is InChI=1S/C9H14O3/c1-3-7-9(2,12-7)8(10)11-6-4-5-6/h6-7H,3-5H2,1-2H3. The van der Waals surface area contributed by atoms with Crippen LogP contribution in [0.4, 0.5) is 0 Å². The van der Waals surface area contributed by atoms with Crippen LogP contribution < -0.4 is 0 Å². The van der Waals surface area contributed by atoms with Gasteiger partial charge in [-0.3, -0.25) is 0 Å². The van der Waals surface area contributed by atoms with Crippen molar-refractivity contribution in [2.45, 2.75) is 50.9 Å². The average Bonchev–Trinajstić information content (AvgIpc) is 2.88. The molecule has 0 radical (unpaired) electrons. The average molecular weight is 170 g/mol. The summed E-state index contributed by atoms with van der Waals surface area (Å²) in [6, 6.07) is 0. The number of rotatable bonds is 3. The molecule has 68 valence electrons. The first kappa shape index (κ1) is 8.05. The summed E-state index contributed by atoms with van der Waals surface area (Å²) in [6.45, 7) is 3.83. The van der Waals surface area contributed by atoms with Crippen LogP contribution in [0.5, 0.6) is 0 Å². The summed E-state index contributed by atoms with van der Waals surface area (Å²) in [4.78, 5) is 11.4. The quantitative estimate of drug-likeness (QED) is 0.472. The van der Waals surface area contributed by atoms with E-state index in [-0.39, 0.29) is 18.2 Å². The van der Waals surface area contributed by atoms with Crippen LogP contribution in [0, 0.1) is 0 Å². The lowest BCUT2D eigenvalue weighted by molar-refractivity contribution is -0.150. The molecule has 2 atom stereocenters. The van der Waals surface area contributed by atoms with Gasteiger partial charge >= 0.3 is 5.97 Å². The first-order valence-corrected chi connectivity index (χ1v) is 4.55. The number of hydrogen-bond donors (Lipinski definition) is 0. The van der Waals surface area contributed by atoms with Crippen molar-refractivity contribution in [3.8, 4) is 0 Å². The predicted molar refractivity (Wildman–Crippen MR) is 42.7 cm³/mol. The number of hydrogen-bond acceptors (Lipinski definition) is 3. The van der Waals surface area contributed by atoms with Crippen molar-refractivity contribution < 1.29 is 14.3 Å². The first-order valence-electron chi connectivity index (χ1n) is 4.55. The van der Waals surface area contributed by atoms with Crippen LogP contribution in [0.2, 0.25) is 0 Å². The fourth-order valence-electron chi connectivity index (χ4n) is 1.37. The third kappa shape index (κ3) is 1.22. The van der Waals surface area contributed by atoms with E-state index >= 15 is 0 Å². The molecule has 1 saturated carbocycles. The van der Waals surface area contributed by atoms with E-state index in [1.807, 2.05) is 13.8 Å².